The first-order valence-electron chi connectivity index (χ1n) is 9.86. The Hall–Kier alpha value is -1.15. The first-order chi connectivity index (χ1) is 12.4. The van der Waals surface area contributed by atoms with Crippen molar-refractivity contribution in [2.75, 3.05) is 25.4 Å². The lowest BCUT2D eigenvalue weighted by atomic mass is 9.97. The molecule has 26 heavy (non-hydrogen) atoms. The first kappa shape index (κ1) is 21.2. The molecule has 0 aromatic carbocycles. The number of hydrogen-bond acceptors (Lipinski definition) is 5. The average molecular weight is 389 g/mol. The van der Waals surface area contributed by atoms with Crippen molar-refractivity contribution in [2.24, 2.45) is 5.92 Å². The Morgan fingerprint density at radius 3 is 2.15 bits per heavy atom. The van der Waals surface area contributed by atoms with Gasteiger partial charge in [0.2, 0.25) is 10.0 Å². The van der Waals surface area contributed by atoms with E-state index in [0.717, 1.165) is 25.7 Å². The fraction of sp³-hybridized carbons (Fsp3) is 0.889. The molecule has 150 valence electrons. The van der Waals surface area contributed by atoms with E-state index < -0.39 is 16.0 Å². The predicted molar refractivity (Wildman–Crippen MR) is 99.0 cm³/mol. The number of piperidine rings is 1. The van der Waals surface area contributed by atoms with Crippen molar-refractivity contribution in [1.82, 2.24) is 9.62 Å². The number of carbonyl (C=O) groups excluding carboxylic acids is 2. The molecule has 1 amide bonds. The number of ether oxygens (including phenoxy) is 1. The van der Waals surface area contributed by atoms with Gasteiger partial charge in [0.1, 0.15) is 0 Å². The number of sulfonamides is 1. The summed E-state index contributed by atoms with van der Waals surface area (Å²) < 4.78 is 30.3. The third-order valence-electron chi connectivity index (χ3n) is 5.36. The average Bonchev–Trinajstić information content (AvgIpc) is 2.62. The van der Waals surface area contributed by atoms with Gasteiger partial charge < -0.3 is 10.1 Å². The molecule has 1 aliphatic heterocycles. The minimum atomic E-state index is -3.20. The fourth-order valence-corrected chi connectivity index (χ4v) is 4.81. The van der Waals surface area contributed by atoms with Gasteiger partial charge in [-0.3, -0.25) is 9.59 Å². The molecular formula is C18H32N2O5S. The van der Waals surface area contributed by atoms with Crippen LogP contribution in [-0.2, 0) is 24.3 Å². The Morgan fingerprint density at radius 2 is 1.58 bits per heavy atom. The predicted octanol–water partition coefficient (Wildman–Crippen LogP) is 1.82. The summed E-state index contributed by atoms with van der Waals surface area (Å²) in [6, 6.07) is 0.184. The zero-order valence-corrected chi connectivity index (χ0v) is 16.6. The van der Waals surface area contributed by atoms with Crippen molar-refractivity contribution < 1.29 is 22.7 Å². The minimum Gasteiger partial charge on any atom is -0.455 e. The number of amides is 1. The largest absolute Gasteiger partial charge is 0.455 e. The fourth-order valence-electron chi connectivity index (χ4n) is 3.68. The molecule has 1 N–H and O–H groups in total. The summed E-state index contributed by atoms with van der Waals surface area (Å²) in [6.45, 7) is 2.04. The van der Waals surface area contributed by atoms with Crippen molar-refractivity contribution in [3.05, 3.63) is 0 Å². The zero-order chi connectivity index (χ0) is 19.0. The second-order valence-electron chi connectivity index (χ2n) is 7.29. The lowest BCUT2D eigenvalue weighted by molar-refractivity contribution is -0.153. The van der Waals surface area contributed by atoms with Gasteiger partial charge >= 0.3 is 5.97 Å². The Balaban J connectivity index is 1.69. The minimum absolute atomic E-state index is 0.0729. The normalized spacial score (nSPS) is 21.6. The topological polar surface area (TPSA) is 92.8 Å². The van der Waals surface area contributed by atoms with Crippen molar-refractivity contribution in [2.45, 2.75) is 70.8 Å². The lowest BCUT2D eigenvalue weighted by Gasteiger charge is -2.29. The maximum Gasteiger partial charge on any atom is 0.309 e. The van der Waals surface area contributed by atoms with E-state index >= 15 is 0 Å². The van der Waals surface area contributed by atoms with E-state index in [1.807, 2.05) is 0 Å². The first-order valence-corrected chi connectivity index (χ1v) is 11.5. The number of rotatable bonds is 6. The van der Waals surface area contributed by atoms with Crippen LogP contribution in [0.3, 0.4) is 0 Å². The summed E-state index contributed by atoms with van der Waals surface area (Å²) in [7, 11) is -3.20. The quantitative estimate of drug-likeness (QED) is 0.701. The lowest BCUT2D eigenvalue weighted by Crippen LogP contribution is -2.42. The summed E-state index contributed by atoms with van der Waals surface area (Å²) >= 11 is 0. The molecule has 0 aromatic heterocycles. The van der Waals surface area contributed by atoms with Crippen LogP contribution in [0.2, 0.25) is 0 Å². The Kier molecular flexibility index (Phi) is 8.34. The second-order valence-corrected chi connectivity index (χ2v) is 9.55. The number of nitrogens with zero attached hydrogens (tertiary/aromatic N) is 1. The van der Waals surface area contributed by atoms with Gasteiger partial charge in [-0.1, -0.05) is 32.1 Å². The highest BCUT2D eigenvalue weighted by atomic mass is 32.2. The van der Waals surface area contributed by atoms with Crippen LogP contribution in [0.15, 0.2) is 0 Å². The third-order valence-corrected chi connectivity index (χ3v) is 7.24. The number of nitrogens with one attached hydrogen (secondary N) is 1. The molecule has 2 aliphatic rings. The van der Waals surface area contributed by atoms with E-state index in [1.54, 1.807) is 6.92 Å². The van der Waals surface area contributed by atoms with Gasteiger partial charge in [-0.25, -0.2) is 12.7 Å². The number of esters is 1. The molecule has 0 aromatic rings. The third kappa shape index (κ3) is 6.54. The maximum absolute atomic E-state index is 12.2. The van der Waals surface area contributed by atoms with Gasteiger partial charge in [0.15, 0.2) is 6.61 Å². The smallest absolute Gasteiger partial charge is 0.309 e. The van der Waals surface area contributed by atoms with Gasteiger partial charge in [0.05, 0.1) is 11.7 Å². The summed E-state index contributed by atoms with van der Waals surface area (Å²) in [5, 5.41) is 2.98. The van der Waals surface area contributed by atoms with E-state index in [1.165, 1.54) is 23.6 Å². The maximum atomic E-state index is 12.2. The van der Waals surface area contributed by atoms with Crippen LogP contribution in [0, 0.1) is 5.92 Å². The summed E-state index contributed by atoms with van der Waals surface area (Å²) in [5.41, 5.74) is 0. The summed E-state index contributed by atoms with van der Waals surface area (Å²) in [4.78, 5) is 24.2. The number of hydrogen-bond donors (Lipinski definition) is 1. The molecule has 1 saturated heterocycles. The highest BCUT2D eigenvalue weighted by Crippen LogP contribution is 2.21. The number of carbonyl (C=O) groups is 2. The van der Waals surface area contributed by atoms with Crippen LogP contribution < -0.4 is 5.32 Å². The zero-order valence-electron chi connectivity index (χ0n) is 15.7. The standard InChI is InChI=1S/C18H32N2O5S/c1-2-26(23,24)20-12-10-15(11-13-20)18(22)25-14-17(21)19-16-8-6-4-3-5-7-9-16/h15-16H,2-14H2,1H3,(H,19,21). The molecule has 1 saturated carbocycles. The SMILES string of the molecule is CCS(=O)(=O)N1CCC(C(=O)OCC(=O)NC2CCCCCCC2)CC1. The van der Waals surface area contributed by atoms with Crippen LogP contribution in [-0.4, -0.2) is 56.1 Å². The molecule has 0 bridgehead atoms. The van der Waals surface area contributed by atoms with E-state index in [4.69, 9.17) is 4.74 Å². The van der Waals surface area contributed by atoms with Crippen LogP contribution in [0.25, 0.3) is 0 Å². The Bertz CT molecular complexity index is 562. The van der Waals surface area contributed by atoms with Crippen molar-refractivity contribution in [3.63, 3.8) is 0 Å². The second kappa shape index (κ2) is 10.3. The Morgan fingerprint density at radius 1 is 1.00 bits per heavy atom. The molecule has 0 atom stereocenters. The van der Waals surface area contributed by atoms with Crippen molar-refractivity contribution in [3.8, 4) is 0 Å². The van der Waals surface area contributed by atoms with Crippen LogP contribution in [0.1, 0.15) is 64.7 Å². The van der Waals surface area contributed by atoms with Crippen LogP contribution in [0.5, 0.6) is 0 Å². The molecule has 1 heterocycles. The molecule has 0 unspecified atom stereocenters. The summed E-state index contributed by atoms with van der Waals surface area (Å²) in [5.74, 6) is -0.891. The Labute approximate surface area is 156 Å². The van der Waals surface area contributed by atoms with Gasteiger partial charge in [-0.2, -0.15) is 0 Å². The van der Waals surface area contributed by atoms with Gasteiger partial charge in [-0.05, 0) is 32.6 Å². The molecule has 8 heteroatoms. The van der Waals surface area contributed by atoms with Gasteiger partial charge in [0.25, 0.3) is 5.91 Å². The van der Waals surface area contributed by atoms with E-state index in [2.05, 4.69) is 5.32 Å². The molecule has 7 nitrogen and oxygen atoms in total. The molecule has 2 rings (SSSR count). The monoisotopic (exact) mass is 388 g/mol. The van der Waals surface area contributed by atoms with Crippen molar-refractivity contribution in [1.29, 1.82) is 0 Å². The van der Waals surface area contributed by atoms with Crippen LogP contribution in [0.4, 0.5) is 0 Å². The summed E-state index contributed by atoms with van der Waals surface area (Å²) in [6.07, 6.45) is 8.84. The molecule has 0 spiro atoms. The van der Waals surface area contributed by atoms with Crippen molar-refractivity contribution >= 4 is 21.9 Å². The molecule has 2 fully saturated rings. The van der Waals surface area contributed by atoms with Crippen LogP contribution >= 0.6 is 0 Å². The van der Waals surface area contributed by atoms with Gasteiger partial charge in [-0.15, -0.1) is 0 Å². The van der Waals surface area contributed by atoms with E-state index in [9.17, 15) is 18.0 Å². The highest BCUT2D eigenvalue weighted by molar-refractivity contribution is 7.89. The van der Waals surface area contributed by atoms with E-state index in [0.29, 0.717) is 25.9 Å². The molecular weight excluding hydrogens is 356 g/mol. The van der Waals surface area contributed by atoms with Gasteiger partial charge in [0, 0.05) is 19.1 Å². The molecule has 1 aliphatic carbocycles. The molecule has 0 radical (unpaired) electrons. The highest BCUT2D eigenvalue weighted by Gasteiger charge is 2.31. The van der Waals surface area contributed by atoms with E-state index in [-0.39, 0.29) is 30.2 Å².